The van der Waals surface area contributed by atoms with Gasteiger partial charge in [0.15, 0.2) is 5.13 Å². The number of amides is 1. The highest BCUT2D eigenvalue weighted by atomic mass is 32.1. The first-order valence-electron chi connectivity index (χ1n) is 7.28. The molecule has 3 rings (SSSR count). The van der Waals surface area contributed by atoms with E-state index in [0.29, 0.717) is 27.9 Å². The second kappa shape index (κ2) is 7.18. The van der Waals surface area contributed by atoms with Crippen LogP contribution in [-0.4, -0.2) is 15.9 Å². The minimum atomic E-state index is -0.344. The van der Waals surface area contributed by atoms with Crippen molar-refractivity contribution in [1.82, 2.24) is 9.97 Å². The number of aryl methyl sites for hydroxylation is 1. The average Bonchev–Trinajstić information content (AvgIpc) is 2.99. The zero-order chi connectivity index (χ0) is 16.9. The van der Waals surface area contributed by atoms with Crippen molar-refractivity contribution in [2.24, 2.45) is 0 Å². The normalized spacial score (nSPS) is 10.4. The quantitative estimate of drug-likeness (QED) is 0.738. The fourth-order valence-corrected chi connectivity index (χ4v) is 2.75. The number of thiazole rings is 1. The molecule has 24 heavy (non-hydrogen) atoms. The third kappa shape index (κ3) is 4.14. The Hall–Kier alpha value is -2.80. The monoisotopic (exact) mass is 342 g/mol. The lowest BCUT2D eigenvalue weighted by atomic mass is 10.2. The van der Waals surface area contributed by atoms with Crippen molar-refractivity contribution in [3.05, 3.63) is 65.0 Å². The number of hydrogen-bond acceptors (Lipinski definition) is 5. The summed E-state index contributed by atoms with van der Waals surface area (Å²) < 4.78 is 13.5. The zero-order valence-electron chi connectivity index (χ0n) is 12.9. The molecule has 0 spiro atoms. The predicted octanol–water partition coefficient (Wildman–Crippen LogP) is 3.91. The molecule has 1 amide bonds. The number of halogens is 1. The summed E-state index contributed by atoms with van der Waals surface area (Å²) in [7, 11) is 0. The van der Waals surface area contributed by atoms with Crippen LogP contribution in [0.5, 0.6) is 0 Å². The van der Waals surface area contributed by atoms with Crippen LogP contribution >= 0.6 is 11.3 Å². The van der Waals surface area contributed by atoms with E-state index in [1.165, 1.54) is 17.4 Å². The van der Waals surface area contributed by atoms with Gasteiger partial charge in [0.1, 0.15) is 11.6 Å². The summed E-state index contributed by atoms with van der Waals surface area (Å²) in [5.74, 6) is 0.106. The molecule has 2 aromatic heterocycles. The van der Waals surface area contributed by atoms with Gasteiger partial charge in [-0.25, -0.2) is 14.4 Å². The molecular formula is C17H15FN4OS. The van der Waals surface area contributed by atoms with E-state index in [0.717, 1.165) is 0 Å². The second-order valence-electron chi connectivity index (χ2n) is 5.17. The maximum Gasteiger partial charge on any atom is 0.230 e. The van der Waals surface area contributed by atoms with Crippen molar-refractivity contribution in [3.63, 3.8) is 0 Å². The van der Waals surface area contributed by atoms with Gasteiger partial charge in [0.05, 0.1) is 12.1 Å². The van der Waals surface area contributed by atoms with Gasteiger partial charge in [-0.15, -0.1) is 11.3 Å². The topological polar surface area (TPSA) is 66.9 Å². The van der Waals surface area contributed by atoms with E-state index in [4.69, 9.17) is 0 Å². The number of nitrogens with zero attached hydrogens (tertiary/aromatic N) is 2. The smallest absolute Gasteiger partial charge is 0.230 e. The van der Waals surface area contributed by atoms with Crippen molar-refractivity contribution in [2.75, 3.05) is 10.6 Å². The minimum Gasteiger partial charge on any atom is -0.326 e. The third-order valence-corrected chi connectivity index (χ3v) is 4.06. The van der Waals surface area contributed by atoms with Gasteiger partial charge in [0.25, 0.3) is 0 Å². The molecule has 0 aliphatic heterocycles. The molecule has 0 atom stereocenters. The Bertz CT molecular complexity index is 851. The lowest BCUT2D eigenvalue weighted by Gasteiger charge is -2.05. The molecule has 3 aromatic rings. The van der Waals surface area contributed by atoms with Crippen LogP contribution in [0, 0.1) is 12.7 Å². The Kier molecular flexibility index (Phi) is 4.81. The largest absolute Gasteiger partial charge is 0.326 e. The van der Waals surface area contributed by atoms with Crippen LogP contribution in [0.15, 0.2) is 48.0 Å². The predicted molar refractivity (Wildman–Crippen MR) is 93.1 cm³/mol. The number of pyridine rings is 1. The summed E-state index contributed by atoms with van der Waals surface area (Å²) in [6.45, 7) is 1.67. The molecule has 0 aliphatic carbocycles. The van der Waals surface area contributed by atoms with Crippen molar-refractivity contribution < 1.29 is 9.18 Å². The van der Waals surface area contributed by atoms with Crippen LogP contribution in [0.2, 0.25) is 0 Å². The van der Waals surface area contributed by atoms with E-state index in [-0.39, 0.29) is 18.1 Å². The number of carbonyl (C=O) groups is 1. The van der Waals surface area contributed by atoms with Gasteiger partial charge in [-0.2, -0.15) is 0 Å². The molecular weight excluding hydrogens is 327 g/mol. The van der Waals surface area contributed by atoms with Gasteiger partial charge >= 0.3 is 0 Å². The van der Waals surface area contributed by atoms with Crippen molar-refractivity contribution >= 4 is 33.9 Å². The molecule has 7 heteroatoms. The summed E-state index contributed by atoms with van der Waals surface area (Å²) in [6, 6.07) is 10.1. The minimum absolute atomic E-state index is 0.121. The van der Waals surface area contributed by atoms with Crippen LogP contribution in [0.3, 0.4) is 0 Å². The summed E-state index contributed by atoms with van der Waals surface area (Å²) in [4.78, 5) is 20.6. The van der Waals surface area contributed by atoms with Crippen LogP contribution < -0.4 is 10.6 Å². The molecule has 0 aliphatic rings. The first kappa shape index (κ1) is 16.1. The molecule has 0 fully saturated rings. The highest BCUT2D eigenvalue weighted by molar-refractivity contribution is 7.13. The van der Waals surface area contributed by atoms with E-state index in [1.54, 1.807) is 30.6 Å². The molecule has 0 saturated heterocycles. The number of anilines is 3. The Morgan fingerprint density at radius 1 is 1.29 bits per heavy atom. The van der Waals surface area contributed by atoms with Gasteiger partial charge in [-0.1, -0.05) is 12.1 Å². The molecule has 1 aromatic carbocycles. The number of hydrogen-bond donors (Lipinski definition) is 2. The van der Waals surface area contributed by atoms with Crippen LogP contribution in [0.25, 0.3) is 0 Å². The number of aromatic nitrogens is 2. The van der Waals surface area contributed by atoms with Crippen LogP contribution in [-0.2, 0) is 11.2 Å². The Balaban J connectivity index is 1.59. The second-order valence-corrected chi connectivity index (χ2v) is 6.03. The number of benzene rings is 1. The molecule has 122 valence electrons. The molecule has 5 nitrogen and oxygen atoms in total. The summed E-state index contributed by atoms with van der Waals surface area (Å²) in [5, 5.41) is 8.22. The Morgan fingerprint density at radius 2 is 2.17 bits per heavy atom. The first-order chi connectivity index (χ1) is 11.6. The van der Waals surface area contributed by atoms with Crippen LogP contribution in [0.4, 0.5) is 21.0 Å². The maximum atomic E-state index is 13.5. The average molecular weight is 342 g/mol. The molecule has 0 unspecified atom stereocenters. The molecule has 2 heterocycles. The van der Waals surface area contributed by atoms with Crippen LogP contribution in [0.1, 0.15) is 11.3 Å². The number of nitrogens with one attached hydrogen (secondary N) is 2. The van der Waals surface area contributed by atoms with Gasteiger partial charge in [-0.3, -0.25) is 4.79 Å². The van der Waals surface area contributed by atoms with Gasteiger partial charge < -0.3 is 10.6 Å². The molecule has 0 radical (unpaired) electrons. The molecule has 0 bridgehead atoms. The van der Waals surface area contributed by atoms with Crippen molar-refractivity contribution in [1.29, 1.82) is 0 Å². The Labute approximate surface area is 142 Å². The fourth-order valence-electron chi connectivity index (χ4n) is 2.03. The zero-order valence-corrected chi connectivity index (χ0v) is 13.7. The van der Waals surface area contributed by atoms with Crippen molar-refractivity contribution in [3.8, 4) is 0 Å². The highest BCUT2D eigenvalue weighted by Crippen LogP contribution is 2.20. The van der Waals surface area contributed by atoms with Gasteiger partial charge in [0, 0.05) is 17.3 Å². The summed E-state index contributed by atoms with van der Waals surface area (Å²) >= 11 is 1.39. The first-order valence-corrected chi connectivity index (χ1v) is 8.16. The lowest BCUT2D eigenvalue weighted by Crippen LogP contribution is -2.14. The van der Waals surface area contributed by atoms with E-state index >= 15 is 0 Å². The standard InChI is InChI=1S/C17H15FN4OS/c1-11-5-6-12(8-14(11)18)20-16(23)9-13-10-24-17(21-13)22-15-4-2-3-7-19-15/h2-8,10H,9H2,1H3,(H,20,23)(H,19,21,22). The maximum absolute atomic E-state index is 13.5. The highest BCUT2D eigenvalue weighted by Gasteiger charge is 2.09. The molecule has 0 saturated carbocycles. The third-order valence-electron chi connectivity index (χ3n) is 3.25. The van der Waals surface area contributed by atoms with E-state index in [9.17, 15) is 9.18 Å². The van der Waals surface area contributed by atoms with Gasteiger partial charge in [-0.05, 0) is 36.8 Å². The van der Waals surface area contributed by atoms with Gasteiger partial charge in [0.2, 0.25) is 5.91 Å². The van der Waals surface area contributed by atoms with E-state index < -0.39 is 0 Å². The Morgan fingerprint density at radius 3 is 2.92 bits per heavy atom. The number of carbonyl (C=O) groups excluding carboxylic acids is 1. The SMILES string of the molecule is Cc1ccc(NC(=O)Cc2csc(Nc3ccccn3)n2)cc1F. The summed E-state index contributed by atoms with van der Waals surface area (Å²) in [6.07, 6.45) is 1.81. The van der Waals surface area contributed by atoms with E-state index in [1.807, 2.05) is 18.2 Å². The summed E-state index contributed by atoms with van der Waals surface area (Å²) in [5.41, 5.74) is 1.62. The fraction of sp³-hybridized carbons (Fsp3) is 0.118. The number of rotatable bonds is 5. The van der Waals surface area contributed by atoms with E-state index in [2.05, 4.69) is 20.6 Å². The molecule has 2 N–H and O–H groups in total. The lowest BCUT2D eigenvalue weighted by molar-refractivity contribution is -0.115. The van der Waals surface area contributed by atoms with Crippen molar-refractivity contribution in [2.45, 2.75) is 13.3 Å².